The quantitative estimate of drug-likeness (QED) is 0.479. The molecule has 1 fully saturated rings. The van der Waals surface area contributed by atoms with Crippen molar-refractivity contribution in [1.29, 1.82) is 0 Å². The van der Waals surface area contributed by atoms with Gasteiger partial charge < -0.3 is 14.8 Å². The third-order valence-electron chi connectivity index (χ3n) is 4.76. The van der Waals surface area contributed by atoms with Gasteiger partial charge in [0.2, 0.25) is 10.0 Å². The van der Waals surface area contributed by atoms with Crippen molar-refractivity contribution in [2.75, 3.05) is 32.9 Å². The van der Waals surface area contributed by atoms with Crippen molar-refractivity contribution in [1.82, 2.24) is 9.62 Å². The molecule has 0 atom stereocenters. The van der Waals surface area contributed by atoms with E-state index in [4.69, 9.17) is 9.47 Å². The lowest BCUT2D eigenvalue weighted by molar-refractivity contribution is -0.385. The van der Waals surface area contributed by atoms with Crippen molar-refractivity contribution in [2.45, 2.75) is 18.4 Å². The van der Waals surface area contributed by atoms with E-state index in [0.717, 1.165) is 5.56 Å². The maximum absolute atomic E-state index is 12.6. The fourth-order valence-electron chi connectivity index (χ4n) is 3.04. The number of nitrogens with one attached hydrogen (secondary N) is 1. The summed E-state index contributed by atoms with van der Waals surface area (Å²) in [6, 6.07) is 10.6. The van der Waals surface area contributed by atoms with Crippen LogP contribution in [0.15, 0.2) is 47.4 Å². The summed E-state index contributed by atoms with van der Waals surface area (Å²) >= 11 is 0. The molecule has 2 aromatic carbocycles. The monoisotopic (exact) mass is 449 g/mol. The Morgan fingerprint density at radius 3 is 2.48 bits per heavy atom. The smallest absolute Gasteiger partial charge is 0.272 e. The Morgan fingerprint density at radius 1 is 1.19 bits per heavy atom. The number of benzene rings is 2. The highest BCUT2D eigenvalue weighted by Gasteiger charge is 2.26. The van der Waals surface area contributed by atoms with Gasteiger partial charge in [-0.05, 0) is 36.8 Å². The summed E-state index contributed by atoms with van der Waals surface area (Å²) in [5, 5.41) is 13.5. The summed E-state index contributed by atoms with van der Waals surface area (Å²) in [6.07, 6.45) is 0. The molecule has 0 aliphatic carbocycles. The van der Waals surface area contributed by atoms with E-state index in [-0.39, 0.29) is 29.6 Å². The topological polar surface area (TPSA) is 128 Å². The minimum absolute atomic E-state index is 0.0177. The van der Waals surface area contributed by atoms with Gasteiger partial charge in [-0.3, -0.25) is 14.9 Å². The Bertz CT molecular complexity index is 1050. The van der Waals surface area contributed by atoms with Crippen LogP contribution >= 0.6 is 0 Å². The van der Waals surface area contributed by atoms with E-state index in [2.05, 4.69) is 5.32 Å². The van der Waals surface area contributed by atoms with Gasteiger partial charge in [-0.1, -0.05) is 12.1 Å². The summed E-state index contributed by atoms with van der Waals surface area (Å²) in [7, 11) is -3.56. The number of nitro groups is 1. The van der Waals surface area contributed by atoms with Crippen LogP contribution in [0.3, 0.4) is 0 Å². The molecule has 10 nitrogen and oxygen atoms in total. The first-order valence-electron chi connectivity index (χ1n) is 9.59. The zero-order valence-electron chi connectivity index (χ0n) is 16.9. The molecule has 0 saturated carbocycles. The number of nitrogens with zero attached hydrogens (tertiary/aromatic N) is 2. The first kappa shape index (κ1) is 22.7. The number of carbonyl (C=O) groups excluding carboxylic acids is 1. The molecule has 1 N–H and O–H groups in total. The highest BCUT2D eigenvalue weighted by molar-refractivity contribution is 7.89. The number of amides is 1. The lowest BCUT2D eigenvalue weighted by atomic mass is 10.2. The summed E-state index contributed by atoms with van der Waals surface area (Å²) in [4.78, 5) is 22.6. The molecule has 1 heterocycles. The fraction of sp³-hybridized carbons (Fsp3) is 0.350. The van der Waals surface area contributed by atoms with Crippen molar-refractivity contribution in [3.63, 3.8) is 0 Å². The fourth-order valence-corrected chi connectivity index (χ4v) is 4.45. The molecule has 1 amide bonds. The highest BCUT2D eigenvalue weighted by atomic mass is 32.2. The standard InChI is InChI=1S/C20H23N3O7S/c1-15-12-17(4-7-19(15)23(25)26)30-14-20(24)21-13-16-2-5-18(6-3-16)31(27,28)22-8-10-29-11-9-22/h2-7,12H,8-11,13-14H2,1H3,(H,21,24). The van der Waals surface area contributed by atoms with Gasteiger partial charge in [-0.2, -0.15) is 4.31 Å². The highest BCUT2D eigenvalue weighted by Crippen LogP contribution is 2.23. The van der Waals surface area contributed by atoms with Crippen LogP contribution in [0.4, 0.5) is 5.69 Å². The Labute approximate surface area is 180 Å². The molecular weight excluding hydrogens is 426 g/mol. The van der Waals surface area contributed by atoms with Crippen LogP contribution in [-0.2, 0) is 26.1 Å². The van der Waals surface area contributed by atoms with Crippen LogP contribution in [0.2, 0.25) is 0 Å². The van der Waals surface area contributed by atoms with Crippen LogP contribution in [0.1, 0.15) is 11.1 Å². The molecule has 11 heteroatoms. The zero-order chi connectivity index (χ0) is 22.4. The normalized spacial score (nSPS) is 14.7. The first-order valence-corrected chi connectivity index (χ1v) is 11.0. The Kier molecular flexibility index (Phi) is 7.21. The van der Waals surface area contributed by atoms with Crippen molar-refractivity contribution in [3.8, 4) is 5.75 Å². The van der Waals surface area contributed by atoms with E-state index in [9.17, 15) is 23.3 Å². The van der Waals surface area contributed by atoms with Gasteiger partial charge in [-0.25, -0.2) is 8.42 Å². The maximum Gasteiger partial charge on any atom is 0.272 e. The van der Waals surface area contributed by atoms with Gasteiger partial charge in [0.25, 0.3) is 11.6 Å². The molecule has 0 unspecified atom stereocenters. The number of nitro benzene ring substituents is 1. The van der Waals surface area contributed by atoms with Gasteiger partial charge in [0, 0.05) is 31.3 Å². The zero-order valence-corrected chi connectivity index (χ0v) is 17.8. The number of rotatable bonds is 8. The second kappa shape index (κ2) is 9.86. The number of sulfonamides is 1. The number of carbonyl (C=O) groups is 1. The number of hydrogen-bond donors (Lipinski definition) is 1. The van der Waals surface area contributed by atoms with E-state index in [1.165, 1.54) is 34.6 Å². The third kappa shape index (κ3) is 5.78. The maximum atomic E-state index is 12.6. The summed E-state index contributed by atoms with van der Waals surface area (Å²) in [5.41, 5.74) is 1.16. The molecule has 0 bridgehead atoms. The van der Waals surface area contributed by atoms with E-state index >= 15 is 0 Å². The Morgan fingerprint density at radius 2 is 1.87 bits per heavy atom. The van der Waals surface area contributed by atoms with Gasteiger partial charge in [0.1, 0.15) is 5.75 Å². The minimum Gasteiger partial charge on any atom is -0.484 e. The van der Waals surface area contributed by atoms with E-state index < -0.39 is 14.9 Å². The molecular formula is C20H23N3O7S. The molecule has 3 rings (SSSR count). The van der Waals surface area contributed by atoms with Gasteiger partial charge in [0.05, 0.1) is 23.0 Å². The number of hydrogen-bond acceptors (Lipinski definition) is 7. The van der Waals surface area contributed by atoms with Crippen LogP contribution in [0.25, 0.3) is 0 Å². The van der Waals surface area contributed by atoms with Crippen molar-refractivity contribution >= 4 is 21.6 Å². The average Bonchev–Trinajstić information content (AvgIpc) is 2.77. The molecule has 0 spiro atoms. The van der Waals surface area contributed by atoms with Crippen LogP contribution in [-0.4, -0.2) is 56.5 Å². The van der Waals surface area contributed by atoms with Crippen LogP contribution < -0.4 is 10.1 Å². The second-order valence-electron chi connectivity index (χ2n) is 6.93. The molecule has 1 aliphatic heterocycles. The second-order valence-corrected chi connectivity index (χ2v) is 8.87. The van der Waals surface area contributed by atoms with Crippen molar-refractivity contribution in [3.05, 3.63) is 63.7 Å². The number of aryl methyl sites for hydroxylation is 1. The predicted octanol–water partition coefficient (Wildman–Crippen LogP) is 1.62. The molecule has 0 aromatic heterocycles. The van der Waals surface area contributed by atoms with Crippen molar-refractivity contribution < 1.29 is 27.6 Å². The van der Waals surface area contributed by atoms with Gasteiger partial charge in [0.15, 0.2) is 6.61 Å². The van der Waals surface area contributed by atoms with E-state index in [1.54, 1.807) is 19.1 Å². The van der Waals surface area contributed by atoms with E-state index in [0.29, 0.717) is 37.6 Å². The SMILES string of the molecule is Cc1cc(OCC(=O)NCc2ccc(S(=O)(=O)N3CCOCC3)cc2)ccc1[N+](=O)[O-]. The molecule has 1 saturated heterocycles. The average molecular weight is 449 g/mol. The molecule has 1 aliphatic rings. The van der Waals surface area contributed by atoms with Gasteiger partial charge >= 0.3 is 0 Å². The largest absolute Gasteiger partial charge is 0.484 e. The first-order chi connectivity index (χ1) is 14.8. The Hall–Kier alpha value is -3.02. The lowest BCUT2D eigenvalue weighted by Crippen LogP contribution is -2.40. The predicted molar refractivity (Wildman–Crippen MR) is 111 cm³/mol. The molecule has 31 heavy (non-hydrogen) atoms. The number of morpholine rings is 1. The minimum atomic E-state index is -3.56. The Balaban J connectivity index is 1.50. The molecule has 166 valence electrons. The van der Waals surface area contributed by atoms with Crippen LogP contribution in [0.5, 0.6) is 5.75 Å². The molecule has 0 radical (unpaired) electrons. The lowest BCUT2D eigenvalue weighted by Gasteiger charge is -2.26. The summed E-state index contributed by atoms with van der Waals surface area (Å²) in [5.74, 6) is -0.0167. The van der Waals surface area contributed by atoms with Crippen LogP contribution in [0, 0.1) is 17.0 Å². The van der Waals surface area contributed by atoms with E-state index in [1.807, 2.05) is 0 Å². The number of ether oxygens (including phenoxy) is 2. The third-order valence-corrected chi connectivity index (χ3v) is 6.67. The van der Waals surface area contributed by atoms with Gasteiger partial charge in [-0.15, -0.1) is 0 Å². The summed E-state index contributed by atoms with van der Waals surface area (Å²) in [6.45, 7) is 2.96. The molecule has 2 aromatic rings. The summed E-state index contributed by atoms with van der Waals surface area (Å²) < 4.78 is 37.2. The van der Waals surface area contributed by atoms with Crippen molar-refractivity contribution in [2.24, 2.45) is 0 Å².